The van der Waals surface area contributed by atoms with Gasteiger partial charge in [-0.05, 0) is 49.6 Å². The number of benzene rings is 2. The zero-order chi connectivity index (χ0) is 22.7. The summed E-state index contributed by atoms with van der Waals surface area (Å²) >= 11 is 0. The van der Waals surface area contributed by atoms with Gasteiger partial charge in [0.2, 0.25) is 0 Å². The van der Waals surface area contributed by atoms with Crippen LogP contribution in [0.4, 0.5) is 21.5 Å². The monoisotopic (exact) mass is 437 g/mol. The van der Waals surface area contributed by atoms with Crippen LogP contribution in [0.1, 0.15) is 35.2 Å². The molecule has 0 bridgehead atoms. The van der Waals surface area contributed by atoms with Crippen molar-refractivity contribution in [3.63, 3.8) is 0 Å². The summed E-state index contributed by atoms with van der Waals surface area (Å²) < 4.78 is 14.2. The molecule has 2 heterocycles. The van der Waals surface area contributed by atoms with Gasteiger partial charge in [-0.1, -0.05) is 0 Å². The van der Waals surface area contributed by atoms with Crippen molar-refractivity contribution in [2.24, 2.45) is 0 Å². The van der Waals surface area contributed by atoms with Gasteiger partial charge in [0, 0.05) is 51.0 Å². The number of nitro benzene ring substituents is 1. The molecular formula is C23H24FN5O3. The lowest BCUT2D eigenvalue weighted by molar-refractivity contribution is -0.384. The third kappa shape index (κ3) is 4.35. The maximum absolute atomic E-state index is 14.2. The smallest absolute Gasteiger partial charge is 0.292 e. The van der Waals surface area contributed by atoms with Gasteiger partial charge in [-0.25, -0.2) is 4.39 Å². The second-order valence-electron chi connectivity index (χ2n) is 8.06. The first-order valence-electron chi connectivity index (χ1n) is 10.7. The molecule has 0 radical (unpaired) electrons. The molecule has 2 aliphatic heterocycles. The van der Waals surface area contributed by atoms with E-state index in [4.69, 9.17) is 5.26 Å². The van der Waals surface area contributed by atoms with Crippen molar-refractivity contribution < 1.29 is 14.1 Å². The molecule has 2 fully saturated rings. The first-order valence-corrected chi connectivity index (χ1v) is 10.7. The average Bonchev–Trinajstić information content (AvgIpc) is 2.83. The van der Waals surface area contributed by atoms with E-state index in [9.17, 15) is 19.3 Å². The average molecular weight is 437 g/mol. The van der Waals surface area contributed by atoms with E-state index in [1.165, 1.54) is 12.1 Å². The van der Waals surface area contributed by atoms with Gasteiger partial charge >= 0.3 is 0 Å². The van der Waals surface area contributed by atoms with Gasteiger partial charge in [-0.2, -0.15) is 5.26 Å². The van der Waals surface area contributed by atoms with Crippen LogP contribution in [0.3, 0.4) is 0 Å². The maximum Gasteiger partial charge on any atom is 0.292 e. The van der Waals surface area contributed by atoms with E-state index in [-0.39, 0.29) is 21.7 Å². The van der Waals surface area contributed by atoms with Gasteiger partial charge in [0.15, 0.2) is 0 Å². The fourth-order valence-electron chi connectivity index (χ4n) is 4.35. The van der Waals surface area contributed by atoms with Crippen LogP contribution >= 0.6 is 0 Å². The van der Waals surface area contributed by atoms with Crippen molar-refractivity contribution >= 4 is 23.0 Å². The van der Waals surface area contributed by atoms with Crippen LogP contribution in [-0.2, 0) is 0 Å². The molecule has 1 amide bonds. The quantitative estimate of drug-likeness (QED) is 0.536. The van der Waals surface area contributed by atoms with Crippen molar-refractivity contribution in [2.45, 2.75) is 19.3 Å². The Morgan fingerprint density at radius 3 is 2.31 bits per heavy atom. The normalized spacial score (nSPS) is 16.6. The van der Waals surface area contributed by atoms with E-state index in [0.29, 0.717) is 31.9 Å². The number of hydrogen-bond donors (Lipinski definition) is 0. The second-order valence-corrected chi connectivity index (χ2v) is 8.06. The number of piperazine rings is 1. The molecule has 2 saturated heterocycles. The first-order chi connectivity index (χ1) is 15.5. The van der Waals surface area contributed by atoms with E-state index in [0.717, 1.165) is 44.1 Å². The molecular weight excluding hydrogens is 413 g/mol. The summed E-state index contributed by atoms with van der Waals surface area (Å²) in [5.74, 6) is -1.10. The van der Waals surface area contributed by atoms with E-state index in [1.54, 1.807) is 17.0 Å². The summed E-state index contributed by atoms with van der Waals surface area (Å²) in [5.41, 5.74) is 1.77. The van der Waals surface area contributed by atoms with Gasteiger partial charge in [0.1, 0.15) is 11.5 Å². The lowest BCUT2D eigenvalue weighted by atomic mass is 10.1. The minimum Gasteiger partial charge on any atom is -0.368 e. The van der Waals surface area contributed by atoms with E-state index < -0.39 is 11.7 Å². The molecule has 2 aromatic rings. The SMILES string of the molecule is N#Cc1ccc(C(=O)N2CCN(c3ccc([N+](=O)[O-])c(N4CCCCC4)c3)CC2)c(F)c1. The van der Waals surface area contributed by atoms with Crippen LogP contribution in [0.5, 0.6) is 0 Å². The van der Waals surface area contributed by atoms with Crippen molar-refractivity contribution in [3.8, 4) is 6.07 Å². The Labute approximate surface area is 185 Å². The van der Waals surface area contributed by atoms with Gasteiger partial charge < -0.3 is 14.7 Å². The fraction of sp³-hybridized carbons (Fsp3) is 0.391. The number of carbonyl (C=O) groups is 1. The zero-order valence-electron chi connectivity index (χ0n) is 17.7. The lowest BCUT2D eigenvalue weighted by Crippen LogP contribution is -2.49. The molecule has 32 heavy (non-hydrogen) atoms. The summed E-state index contributed by atoms with van der Waals surface area (Å²) in [6.45, 7) is 3.52. The van der Waals surface area contributed by atoms with Gasteiger partial charge in [0.05, 0.1) is 22.1 Å². The molecule has 8 nitrogen and oxygen atoms in total. The van der Waals surface area contributed by atoms with Crippen molar-refractivity contribution in [1.29, 1.82) is 5.26 Å². The fourth-order valence-corrected chi connectivity index (χ4v) is 4.35. The van der Waals surface area contributed by atoms with Crippen molar-refractivity contribution in [2.75, 3.05) is 49.1 Å². The topological polar surface area (TPSA) is 93.7 Å². The van der Waals surface area contributed by atoms with Crippen LogP contribution < -0.4 is 9.80 Å². The van der Waals surface area contributed by atoms with Gasteiger partial charge in [-0.15, -0.1) is 0 Å². The Kier molecular flexibility index (Phi) is 6.21. The Bertz CT molecular complexity index is 1070. The summed E-state index contributed by atoms with van der Waals surface area (Å²) in [7, 11) is 0. The molecule has 0 N–H and O–H groups in total. The third-order valence-corrected chi connectivity index (χ3v) is 6.11. The van der Waals surface area contributed by atoms with Crippen LogP contribution in [-0.4, -0.2) is 55.0 Å². The molecule has 0 spiro atoms. The maximum atomic E-state index is 14.2. The van der Waals surface area contributed by atoms with Crippen LogP contribution in [0, 0.1) is 27.3 Å². The minimum atomic E-state index is -0.696. The molecule has 0 aliphatic carbocycles. The molecule has 0 unspecified atom stereocenters. The number of anilines is 2. The predicted octanol–water partition coefficient (Wildman–Crippen LogP) is 3.56. The van der Waals surface area contributed by atoms with E-state index in [2.05, 4.69) is 9.80 Å². The number of amides is 1. The number of nitro groups is 1. The van der Waals surface area contributed by atoms with Crippen LogP contribution in [0.2, 0.25) is 0 Å². The summed E-state index contributed by atoms with van der Waals surface area (Å²) in [4.78, 5) is 29.7. The zero-order valence-corrected chi connectivity index (χ0v) is 17.7. The van der Waals surface area contributed by atoms with E-state index in [1.807, 2.05) is 12.1 Å². The minimum absolute atomic E-state index is 0.0415. The highest BCUT2D eigenvalue weighted by Crippen LogP contribution is 2.34. The highest BCUT2D eigenvalue weighted by molar-refractivity contribution is 5.94. The number of rotatable bonds is 4. The molecule has 2 aromatic carbocycles. The largest absolute Gasteiger partial charge is 0.368 e. The second kappa shape index (κ2) is 9.22. The number of nitrogens with zero attached hydrogens (tertiary/aromatic N) is 5. The first kappa shape index (κ1) is 21.6. The summed E-state index contributed by atoms with van der Waals surface area (Å²) in [5, 5.41) is 20.4. The lowest BCUT2D eigenvalue weighted by Gasteiger charge is -2.37. The number of nitriles is 1. The van der Waals surface area contributed by atoms with Gasteiger partial charge in [-0.3, -0.25) is 14.9 Å². The third-order valence-electron chi connectivity index (χ3n) is 6.11. The molecule has 2 aliphatic rings. The van der Waals surface area contributed by atoms with Crippen LogP contribution in [0.25, 0.3) is 0 Å². The Morgan fingerprint density at radius 1 is 0.969 bits per heavy atom. The highest BCUT2D eigenvalue weighted by atomic mass is 19.1. The summed E-state index contributed by atoms with van der Waals surface area (Å²) in [6.07, 6.45) is 3.18. The number of carbonyl (C=O) groups excluding carboxylic acids is 1. The highest BCUT2D eigenvalue weighted by Gasteiger charge is 2.27. The Hall–Kier alpha value is -3.67. The summed E-state index contributed by atoms with van der Waals surface area (Å²) in [6, 6.07) is 10.9. The number of piperidine rings is 1. The van der Waals surface area contributed by atoms with Crippen molar-refractivity contribution in [1.82, 2.24) is 4.90 Å². The Balaban J connectivity index is 1.47. The number of hydrogen-bond acceptors (Lipinski definition) is 6. The number of halogens is 1. The standard InChI is InChI=1S/C23H24FN5O3/c24-20-14-17(16-25)4-6-19(20)23(30)28-12-10-26(11-13-28)18-5-7-21(29(31)32)22(15-18)27-8-2-1-3-9-27/h4-7,14-15H,1-3,8-13H2. The molecule has 9 heteroatoms. The molecule has 0 atom stereocenters. The molecule has 4 rings (SSSR count). The van der Waals surface area contributed by atoms with Crippen LogP contribution in [0.15, 0.2) is 36.4 Å². The van der Waals surface area contributed by atoms with Crippen molar-refractivity contribution in [3.05, 3.63) is 63.5 Å². The Morgan fingerprint density at radius 2 is 1.69 bits per heavy atom. The van der Waals surface area contributed by atoms with Gasteiger partial charge in [0.25, 0.3) is 11.6 Å². The van der Waals surface area contributed by atoms with E-state index >= 15 is 0 Å². The predicted molar refractivity (Wildman–Crippen MR) is 118 cm³/mol. The molecule has 0 saturated carbocycles. The molecule has 0 aromatic heterocycles. The molecule has 166 valence electrons.